The Morgan fingerprint density at radius 2 is 1.90 bits per heavy atom. The highest BCUT2D eigenvalue weighted by Crippen LogP contribution is 2.37. The lowest BCUT2D eigenvalue weighted by Crippen LogP contribution is -2.65. The number of rotatable bonds is 8. The molecule has 212 valence electrons. The number of benzene rings is 1. The van der Waals surface area contributed by atoms with Gasteiger partial charge < -0.3 is 14.5 Å². The number of hydrogen-bond donors (Lipinski definition) is 1. The van der Waals surface area contributed by atoms with Gasteiger partial charge in [-0.3, -0.25) is 14.3 Å². The molecule has 9 nitrogen and oxygen atoms in total. The lowest BCUT2D eigenvalue weighted by atomic mass is 9.90. The molecular formula is C27H30Cl2FN7O2S. The Morgan fingerprint density at radius 1 is 1.20 bits per heavy atom. The molecule has 1 atom stereocenters. The molecule has 1 aliphatic heterocycles. The third-order valence-corrected chi connectivity index (χ3v) is 7.96. The molecule has 1 saturated heterocycles. The zero-order valence-electron chi connectivity index (χ0n) is 22.8. The van der Waals surface area contributed by atoms with E-state index in [0.717, 1.165) is 10.9 Å². The number of hydrogen-bond acceptors (Lipinski definition) is 8. The summed E-state index contributed by atoms with van der Waals surface area (Å²) in [5.74, 6) is 0.335. The topological polar surface area (TPSA) is 99.6 Å². The number of nitrogens with one attached hydrogen (secondary N) is 1. The van der Waals surface area contributed by atoms with E-state index >= 15 is 4.39 Å². The highest BCUT2D eigenvalue weighted by atomic mass is 35.5. The number of aromatic amines is 1. The molecule has 0 unspecified atom stereocenters. The molecule has 0 aliphatic carbocycles. The van der Waals surface area contributed by atoms with Crippen molar-refractivity contribution in [2.24, 2.45) is 4.36 Å². The predicted octanol–water partition coefficient (Wildman–Crippen LogP) is 5.45. The molecule has 0 bridgehead atoms. The van der Waals surface area contributed by atoms with E-state index in [1.54, 1.807) is 18.7 Å². The maximum Gasteiger partial charge on any atom is 0.166 e. The second-order valence-electron chi connectivity index (χ2n) is 10.7. The van der Waals surface area contributed by atoms with Crippen molar-refractivity contribution in [1.29, 1.82) is 0 Å². The van der Waals surface area contributed by atoms with E-state index in [1.807, 2.05) is 49.0 Å². The van der Waals surface area contributed by atoms with E-state index in [1.165, 1.54) is 18.5 Å². The molecule has 5 rings (SSSR count). The number of fused-ring (bicyclic) bond motifs is 1. The molecule has 0 saturated carbocycles. The molecule has 1 fully saturated rings. The number of likely N-dealkylation sites (N-methyl/N-ethyl adjacent to an activating group) is 1. The summed E-state index contributed by atoms with van der Waals surface area (Å²) >= 11 is 12.6. The van der Waals surface area contributed by atoms with E-state index in [9.17, 15) is 4.21 Å². The Morgan fingerprint density at radius 3 is 2.52 bits per heavy atom. The van der Waals surface area contributed by atoms with Crippen LogP contribution in [-0.4, -0.2) is 81.1 Å². The van der Waals surface area contributed by atoms with Crippen LogP contribution in [0.4, 0.5) is 10.2 Å². The van der Waals surface area contributed by atoms with Crippen LogP contribution in [-0.2, 0) is 9.73 Å². The molecule has 0 spiro atoms. The highest BCUT2D eigenvalue weighted by molar-refractivity contribution is 7.92. The number of anilines is 1. The van der Waals surface area contributed by atoms with Crippen LogP contribution in [0.3, 0.4) is 0 Å². The van der Waals surface area contributed by atoms with Crippen molar-refractivity contribution in [2.45, 2.75) is 18.6 Å². The third kappa shape index (κ3) is 5.88. The summed E-state index contributed by atoms with van der Waals surface area (Å²) in [4.78, 5) is 12.2. The van der Waals surface area contributed by atoms with Gasteiger partial charge in [-0.15, -0.1) is 0 Å². The standard InChI is InChI=1S/C27H30Cl2FN7O2S/c1-16(24-20(28)11-31-12-21(24)29)39-18-6-7-23-19(9-18)25(34-33-23)17-8-22(30)26(32-10-17)37-14-27(15-37,13-36(2)3)35-40(4,5)38/h6-12,16H,13-15H2,1-5H3,(H,33,34)/t16-/m1/s1. The van der Waals surface area contributed by atoms with Crippen molar-refractivity contribution in [3.05, 3.63) is 64.3 Å². The molecule has 0 amide bonds. The summed E-state index contributed by atoms with van der Waals surface area (Å²) in [6.45, 7) is 3.33. The smallest absolute Gasteiger partial charge is 0.166 e. The third-order valence-electron chi connectivity index (χ3n) is 6.53. The number of aromatic nitrogens is 4. The summed E-state index contributed by atoms with van der Waals surface area (Å²) in [6.07, 6.45) is 7.45. The fourth-order valence-corrected chi connectivity index (χ4v) is 6.99. The number of ether oxygens (including phenoxy) is 1. The quantitative estimate of drug-likeness (QED) is 0.285. The number of halogens is 3. The molecule has 4 heterocycles. The minimum Gasteiger partial charge on any atom is -0.486 e. The average molecular weight is 607 g/mol. The maximum atomic E-state index is 15.4. The number of pyridine rings is 2. The molecule has 1 aromatic carbocycles. The van der Waals surface area contributed by atoms with Gasteiger partial charge in [-0.2, -0.15) is 5.10 Å². The van der Waals surface area contributed by atoms with E-state index in [0.29, 0.717) is 52.2 Å². The second kappa shape index (κ2) is 10.8. The Labute approximate surface area is 242 Å². The van der Waals surface area contributed by atoms with Crippen LogP contribution in [0.5, 0.6) is 5.75 Å². The molecule has 0 radical (unpaired) electrons. The molecule has 40 heavy (non-hydrogen) atoms. The van der Waals surface area contributed by atoms with Gasteiger partial charge in [0.1, 0.15) is 23.1 Å². The van der Waals surface area contributed by atoms with Crippen LogP contribution >= 0.6 is 23.2 Å². The zero-order chi connectivity index (χ0) is 28.8. The first kappa shape index (κ1) is 28.5. The average Bonchev–Trinajstić information content (AvgIpc) is 3.24. The van der Waals surface area contributed by atoms with Gasteiger partial charge in [-0.25, -0.2) is 13.7 Å². The first-order valence-corrected chi connectivity index (χ1v) is 15.6. The Hall–Kier alpha value is -2.99. The van der Waals surface area contributed by atoms with E-state index in [-0.39, 0.29) is 5.82 Å². The maximum absolute atomic E-state index is 15.4. The van der Waals surface area contributed by atoms with Crippen molar-refractivity contribution in [1.82, 2.24) is 25.1 Å². The van der Waals surface area contributed by atoms with Crippen LogP contribution in [0.15, 0.2) is 47.2 Å². The SMILES string of the molecule is C[C@@H](Oc1ccc2[nH]nc(-c3cnc(N4CC(CN(C)C)(N=S(C)(C)=O)C4)c(F)c3)c2c1)c1c(Cl)cncc1Cl. The van der Waals surface area contributed by atoms with Gasteiger partial charge in [-0.05, 0) is 45.3 Å². The first-order chi connectivity index (χ1) is 18.8. The molecule has 4 aromatic rings. The van der Waals surface area contributed by atoms with Crippen LogP contribution in [0.2, 0.25) is 10.0 Å². The summed E-state index contributed by atoms with van der Waals surface area (Å²) in [5, 5.41) is 8.98. The Kier molecular flexibility index (Phi) is 7.68. The fraction of sp³-hybridized carbons (Fsp3) is 0.370. The zero-order valence-corrected chi connectivity index (χ0v) is 25.1. The van der Waals surface area contributed by atoms with Crippen molar-refractivity contribution in [2.75, 3.05) is 51.1 Å². The van der Waals surface area contributed by atoms with Crippen molar-refractivity contribution >= 4 is 49.7 Å². The Balaban J connectivity index is 1.39. The van der Waals surface area contributed by atoms with E-state index in [4.69, 9.17) is 27.9 Å². The summed E-state index contributed by atoms with van der Waals surface area (Å²) in [5.41, 5.74) is 1.94. The van der Waals surface area contributed by atoms with Gasteiger partial charge in [0.2, 0.25) is 0 Å². The van der Waals surface area contributed by atoms with Gasteiger partial charge in [0, 0.05) is 77.0 Å². The van der Waals surface area contributed by atoms with Crippen molar-refractivity contribution < 1.29 is 13.3 Å². The van der Waals surface area contributed by atoms with Crippen molar-refractivity contribution in [3.8, 4) is 17.0 Å². The van der Waals surface area contributed by atoms with Gasteiger partial charge in [0.15, 0.2) is 11.6 Å². The molecule has 3 aromatic heterocycles. The predicted molar refractivity (Wildman–Crippen MR) is 158 cm³/mol. The summed E-state index contributed by atoms with van der Waals surface area (Å²) < 4.78 is 38.5. The normalized spacial score (nSPS) is 15.8. The minimum absolute atomic E-state index is 0.232. The number of H-pyrrole nitrogens is 1. The summed E-state index contributed by atoms with van der Waals surface area (Å²) in [6, 6.07) is 6.91. The van der Waals surface area contributed by atoms with Gasteiger partial charge in [-0.1, -0.05) is 23.2 Å². The van der Waals surface area contributed by atoms with Crippen LogP contribution < -0.4 is 9.64 Å². The van der Waals surface area contributed by atoms with Crippen LogP contribution in [0, 0.1) is 5.82 Å². The fourth-order valence-electron chi connectivity index (χ4n) is 5.21. The lowest BCUT2D eigenvalue weighted by molar-refractivity contribution is 0.227. The van der Waals surface area contributed by atoms with Crippen LogP contribution in [0.25, 0.3) is 22.2 Å². The van der Waals surface area contributed by atoms with Gasteiger partial charge in [0.25, 0.3) is 0 Å². The number of nitrogens with zero attached hydrogens (tertiary/aromatic N) is 6. The molecule has 1 aliphatic rings. The van der Waals surface area contributed by atoms with Crippen LogP contribution in [0.1, 0.15) is 18.6 Å². The lowest BCUT2D eigenvalue weighted by Gasteiger charge is -2.49. The molecule has 13 heteroatoms. The van der Waals surface area contributed by atoms with E-state index < -0.39 is 27.2 Å². The van der Waals surface area contributed by atoms with E-state index in [2.05, 4.69) is 24.5 Å². The molecule has 1 N–H and O–H groups in total. The highest BCUT2D eigenvalue weighted by Gasteiger charge is 2.45. The Bertz CT molecular complexity index is 1670. The van der Waals surface area contributed by atoms with Crippen molar-refractivity contribution in [3.63, 3.8) is 0 Å². The van der Waals surface area contributed by atoms with Gasteiger partial charge >= 0.3 is 0 Å². The first-order valence-electron chi connectivity index (χ1n) is 12.5. The largest absolute Gasteiger partial charge is 0.486 e. The van der Waals surface area contributed by atoms with Gasteiger partial charge in [0.05, 0.1) is 15.6 Å². The second-order valence-corrected chi connectivity index (χ2v) is 14.0. The monoisotopic (exact) mass is 605 g/mol. The summed E-state index contributed by atoms with van der Waals surface area (Å²) in [7, 11) is 1.56. The minimum atomic E-state index is -2.32. The molecular weight excluding hydrogens is 576 g/mol.